The molecule has 6 heteroatoms. The number of hydrogen-bond acceptors (Lipinski definition) is 3. The van der Waals surface area contributed by atoms with Crippen LogP contribution in [0.2, 0.25) is 0 Å². The molecular formula is C43H49ClN3O2+. The Morgan fingerprint density at radius 1 is 0.837 bits per heavy atom. The number of carbonyl (C=O) groups is 1. The van der Waals surface area contributed by atoms with Gasteiger partial charge in [0.25, 0.3) is 0 Å². The van der Waals surface area contributed by atoms with E-state index in [-0.39, 0.29) is 23.5 Å². The van der Waals surface area contributed by atoms with Gasteiger partial charge < -0.3 is 9.64 Å². The topological polar surface area (TPSA) is 35.8 Å². The second-order valence-electron chi connectivity index (χ2n) is 14.3. The number of fused-ring (bicyclic) bond motifs is 2. The molecule has 0 spiro atoms. The average molecular weight is 675 g/mol. The summed E-state index contributed by atoms with van der Waals surface area (Å²) in [6.07, 6.45) is 10.4. The molecule has 0 saturated heterocycles. The predicted molar refractivity (Wildman–Crippen MR) is 203 cm³/mol. The van der Waals surface area contributed by atoms with Gasteiger partial charge in [-0.25, -0.2) is 4.79 Å². The molecule has 0 radical (unpaired) electrons. The Morgan fingerprint density at radius 3 is 2.27 bits per heavy atom. The molecule has 0 fully saturated rings. The number of carbonyl (C=O) groups excluding carboxylic acids is 1. The van der Waals surface area contributed by atoms with Gasteiger partial charge in [0.05, 0.1) is 23.5 Å². The smallest absolute Gasteiger partial charge is 0.410 e. The fourth-order valence-electron chi connectivity index (χ4n) is 7.57. The fourth-order valence-corrected chi connectivity index (χ4v) is 7.82. The Hall–Kier alpha value is -4.35. The fraction of sp³-hybridized carbons (Fsp3) is 0.349. The highest BCUT2D eigenvalue weighted by atomic mass is 35.5. The van der Waals surface area contributed by atoms with E-state index >= 15 is 0 Å². The van der Waals surface area contributed by atoms with Crippen LogP contribution in [0.25, 0.3) is 0 Å². The largest absolute Gasteiger partial charge is 0.445 e. The molecule has 3 aliphatic heterocycles. The number of ether oxygens (including phenoxy) is 1. The number of rotatable bonds is 9. The van der Waals surface area contributed by atoms with E-state index in [0.29, 0.717) is 18.1 Å². The number of benzene rings is 3. The number of para-hydroxylation sites is 2. The van der Waals surface area contributed by atoms with E-state index in [1.165, 1.54) is 33.9 Å². The van der Waals surface area contributed by atoms with E-state index in [2.05, 4.69) is 124 Å². The second kappa shape index (κ2) is 14.2. The zero-order valence-electron chi connectivity index (χ0n) is 29.8. The lowest BCUT2D eigenvalue weighted by atomic mass is 9.81. The first-order valence-corrected chi connectivity index (χ1v) is 18.0. The zero-order valence-corrected chi connectivity index (χ0v) is 30.6. The summed E-state index contributed by atoms with van der Waals surface area (Å²) in [5, 5.41) is 0.687. The zero-order chi connectivity index (χ0) is 34.8. The van der Waals surface area contributed by atoms with E-state index < -0.39 is 0 Å². The van der Waals surface area contributed by atoms with Crippen LogP contribution >= 0.6 is 11.6 Å². The summed E-state index contributed by atoms with van der Waals surface area (Å²) in [6.45, 7) is 16.4. The monoisotopic (exact) mass is 674 g/mol. The number of nitrogens with zero attached hydrogens (tertiary/aromatic N) is 3. The highest BCUT2D eigenvalue weighted by Gasteiger charge is 2.44. The molecule has 0 aromatic heterocycles. The molecule has 3 aromatic carbocycles. The van der Waals surface area contributed by atoms with Crippen molar-refractivity contribution in [3.8, 4) is 0 Å². The molecule has 3 heterocycles. The molecule has 0 bridgehead atoms. The summed E-state index contributed by atoms with van der Waals surface area (Å²) < 4.78 is 8.27. The third kappa shape index (κ3) is 6.66. The highest BCUT2D eigenvalue weighted by Crippen LogP contribution is 2.48. The van der Waals surface area contributed by atoms with Gasteiger partial charge in [0, 0.05) is 47.5 Å². The second-order valence-corrected chi connectivity index (χ2v) is 14.7. The lowest BCUT2D eigenvalue weighted by Gasteiger charge is -2.30. The van der Waals surface area contributed by atoms with Gasteiger partial charge in [-0.3, -0.25) is 4.90 Å². The molecule has 0 N–H and O–H groups in total. The third-order valence-corrected chi connectivity index (χ3v) is 10.6. The van der Waals surface area contributed by atoms with Gasteiger partial charge in [-0.1, -0.05) is 112 Å². The molecule has 1 amide bonds. The van der Waals surface area contributed by atoms with E-state index in [0.717, 1.165) is 42.6 Å². The first-order chi connectivity index (χ1) is 23.6. The van der Waals surface area contributed by atoms with Gasteiger partial charge in [-0.15, -0.1) is 0 Å². The van der Waals surface area contributed by atoms with Crippen molar-refractivity contribution >= 4 is 34.8 Å². The van der Waals surface area contributed by atoms with Crippen LogP contribution in [-0.2, 0) is 22.2 Å². The van der Waals surface area contributed by atoms with Crippen molar-refractivity contribution in [2.45, 2.75) is 71.8 Å². The first-order valence-electron chi connectivity index (χ1n) is 17.6. The predicted octanol–water partition coefficient (Wildman–Crippen LogP) is 10.2. The minimum absolute atomic E-state index is 0.173. The van der Waals surface area contributed by atoms with Gasteiger partial charge in [0.15, 0.2) is 5.71 Å². The van der Waals surface area contributed by atoms with E-state index in [1.54, 1.807) is 4.90 Å². The summed E-state index contributed by atoms with van der Waals surface area (Å²) in [6, 6.07) is 27.2. The molecular weight excluding hydrogens is 626 g/mol. The summed E-state index contributed by atoms with van der Waals surface area (Å²) in [5.41, 5.74) is 10.0. The number of halogens is 1. The minimum Gasteiger partial charge on any atom is -0.445 e. The standard InChI is InChI=1S/C43H49ClN3O2/c1-7-26-46-36-20-14-12-18-34(36)42(3,4)38(46)24-22-32-28-45(41(48)49-30-31-16-10-9-11-17-31)29-33(40(32)44)23-25-39-43(5,6)35-19-13-15-21-37(35)47(39)27-8-2/h9-25H,7-8,26-30H2,1-6H3/q+1. The van der Waals surface area contributed by atoms with Crippen molar-refractivity contribution in [3.63, 3.8) is 0 Å². The van der Waals surface area contributed by atoms with Crippen LogP contribution in [0, 0.1) is 0 Å². The van der Waals surface area contributed by atoms with Crippen LogP contribution in [0.4, 0.5) is 16.2 Å². The van der Waals surface area contributed by atoms with Gasteiger partial charge in [0.2, 0.25) is 5.69 Å². The average Bonchev–Trinajstić information content (AvgIpc) is 3.45. The van der Waals surface area contributed by atoms with Gasteiger partial charge in [-0.05, 0) is 60.8 Å². The van der Waals surface area contributed by atoms with E-state index in [9.17, 15) is 4.79 Å². The lowest BCUT2D eigenvalue weighted by Crippen LogP contribution is -2.38. The van der Waals surface area contributed by atoms with Gasteiger partial charge in [0.1, 0.15) is 13.2 Å². The van der Waals surface area contributed by atoms with Crippen LogP contribution in [0.5, 0.6) is 0 Å². The number of allylic oxidation sites excluding steroid dienone is 4. The van der Waals surface area contributed by atoms with Crippen molar-refractivity contribution in [3.05, 3.63) is 142 Å². The molecule has 254 valence electrons. The first kappa shape index (κ1) is 34.5. The van der Waals surface area contributed by atoms with Crippen molar-refractivity contribution in [1.82, 2.24) is 4.90 Å². The SMILES string of the molecule is CCCN1/C(=C/C=C2\CN(C(=O)OCc3ccccc3)CC(/C=C/C3=[N+](CCC)c4ccccc4C3(C)C)=C2Cl)C(C)(C)c2ccccc21. The normalized spacial score (nSPS) is 19.7. The number of anilines is 1. The van der Waals surface area contributed by atoms with Crippen LogP contribution in [0.3, 0.4) is 0 Å². The molecule has 0 unspecified atom stereocenters. The van der Waals surface area contributed by atoms with Crippen LogP contribution < -0.4 is 4.90 Å². The Bertz CT molecular complexity index is 1880. The van der Waals surface area contributed by atoms with Crippen molar-refractivity contribution < 1.29 is 14.1 Å². The van der Waals surface area contributed by atoms with E-state index in [1.807, 2.05) is 30.3 Å². The molecule has 49 heavy (non-hydrogen) atoms. The van der Waals surface area contributed by atoms with Crippen molar-refractivity contribution in [1.29, 1.82) is 0 Å². The van der Waals surface area contributed by atoms with Gasteiger partial charge in [-0.2, -0.15) is 4.58 Å². The Kier molecular flexibility index (Phi) is 10.0. The Labute approximate surface area is 297 Å². The molecule has 0 atom stereocenters. The van der Waals surface area contributed by atoms with E-state index in [4.69, 9.17) is 16.3 Å². The van der Waals surface area contributed by atoms with Crippen molar-refractivity contribution in [2.24, 2.45) is 0 Å². The number of amides is 1. The Balaban J connectivity index is 1.38. The quantitative estimate of drug-likeness (QED) is 0.212. The summed E-state index contributed by atoms with van der Waals surface area (Å²) in [7, 11) is 0. The van der Waals surface area contributed by atoms with Crippen LogP contribution in [0.1, 0.15) is 71.1 Å². The highest BCUT2D eigenvalue weighted by molar-refractivity contribution is 6.33. The third-order valence-electron chi connectivity index (χ3n) is 10.1. The molecule has 0 saturated carbocycles. The maximum atomic E-state index is 13.6. The van der Waals surface area contributed by atoms with Crippen LogP contribution in [0.15, 0.2) is 125 Å². The summed E-state index contributed by atoms with van der Waals surface area (Å²) in [5.74, 6) is 0. The Morgan fingerprint density at radius 2 is 1.53 bits per heavy atom. The molecule has 3 aliphatic rings. The maximum Gasteiger partial charge on any atom is 0.410 e. The van der Waals surface area contributed by atoms with Crippen LogP contribution in [-0.4, -0.2) is 47.5 Å². The molecule has 5 nitrogen and oxygen atoms in total. The molecule has 3 aromatic rings. The maximum absolute atomic E-state index is 13.6. The number of hydrogen-bond donors (Lipinski definition) is 0. The molecule has 0 aliphatic carbocycles. The summed E-state index contributed by atoms with van der Waals surface area (Å²) >= 11 is 7.29. The summed E-state index contributed by atoms with van der Waals surface area (Å²) in [4.78, 5) is 17.8. The molecule has 6 rings (SSSR count). The minimum atomic E-state index is -0.354. The lowest BCUT2D eigenvalue weighted by molar-refractivity contribution is -0.437. The van der Waals surface area contributed by atoms with Crippen molar-refractivity contribution in [2.75, 3.05) is 31.1 Å². The van der Waals surface area contributed by atoms with Gasteiger partial charge >= 0.3 is 6.09 Å².